The van der Waals surface area contributed by atoms with Gasteiger partial charge in [0.2, 0.25) is 15.9 Å². The molecule has 1 unspecified atom stereocenters. The summed E-state index contributed by atoms with van der Waals surface area (Å²) in [6, 6.07) is 17.7. The van der Waals surface area contributed by atoms with E-state index in [4.69, 9.17) is 5.21 Å². The zero-order valence-electron chi connectivity index (χ0n) is 29.0. The Hall–Kier alpha value is -4.66. The lowest BCUT2D eigenvalue weighted by molar-refractivity contribution is -0.129. The second-order valence-corrected chi connectivity index (χ2v) is 15.2. The number of nitrogens with one attached hydrogen (secondary N) is 1. The van der Waals surface area contributed by atoms with Crippen molar-refractivity contribution in [2.24, 2.45) is 17.0 Å². The highest BCUT2D eigenvalue weighted by atomic mass is 32.2. The number of aryl methyl sites for hydroxylation is 1. The van der Waals surface area contributed by atoms with Gasteiger partial charge in [0.1, 0.15) is 12.6 Å². The summed E-state index contributed by atoms with van der Waals surface area (Å²) in [4.78, 5) is 47.5. The summed E-state index contributed by atoms with van der Waals surface area (Å²) in [5, 5.41) is 26.4. The maximum Gasteiger partial charge on any atom is 0.328 e. The molecule has 3 aromatic rings. The molecule has 1 saturated heterocycles. The molecule has 0 spiro atoms. The van der Waals surface area contributed by atoms with E-state index in [1.54, 1.807) is 26.0 Å². The van der Waals surface area contributed by atoms with Gasteiger partial charge in [-0.1, -0.05) is 81.4 Å². The molecule has 50 heavy (non-hydrogen) atoms. The minimum atomic E-state index is -4.10. The fourth-order valence-corrected chi connectivity index (χ4v) is 7.58. The zero-order chi connectivity index (χ0) is 36.6. The van der Waals surface area contributed by atoms with Crippen molar-refractivity contribution in [1.29, 1.82) is 0 Å². The highest BCUT2D eigenvalue weighted by molar-refractivity contribution is 7.89. The topological polar surface area (TPSA) is 173 Å². The molecule has 13 nitrogen and oxygen atoms in total. The quantitative estimate of drug-likeness (QED) is 0.0880. The monoisotopic (exact) mass is 706 g/mol. The van der Waals surface area contributed by atoms with Crippen molar-refractivity contribution >= 4 is 34.1 Å². The van der Waals surface area contributed by atoms with E-state index in [0.717, 1.165) is 16.2 Å². The molecule has 3 N–H and O–H groups in total. The number of hydrogen-bond donors (Lipinski definition) is 3. The van der Waals surface area contributed by atoms with E-state index in [1.807, 2.05) is 57.2 Å². The zero-order valence-corrected chi connectivity index (χ0v) is 29.8. The summed E-state index contributed by atoms with van der Waals surface area (Å²) in [6.07, 6.45) is -0.0137. The lowest BCUT2D eigenvalue weighted by Gasteiger charge is -2.34. The first kappa shape index (κ1) is 38.1. The van der Waals surface area contributed by atoms with Gasteiger partial charge in [-0.3, -0.25) is 19.5 Å². The number of nitrogens with zero attached hydrogens (tertiary/aromatic N) is 5. The van der Waals surface area contributed by atoms with Gasteiger partial charge in [-0.2, -0.15) is 4.31 Å². The number of pyridine rings is 1. The number of carbonyl (C=O) groups is 3. The van der Waals surface area contributed by atoms with Crippen molar-refractivity contribution < 1.29 is 33.1 Å². The standard InChI is InChI=1S/C36H46N6O7S/c1-24(2)20-40(50(48,49)30-16-14-28(15-17-30)19-37-47)22-32(43)31(18-27-11-7-6-8-12-27)39-35(45)34(25(3)4)42-23-33(44)41(36(42)46)21-29-13-9-10-26(5)38-29/h6-17,19,24-25,31-32,34,43,47H,18,20-23H2,1-5H3,(H,39,45)/b37-19+/t31-,32+,34?/m0/s1. The first-order valence-electron chi connectivity index (χ1n) is 16.5. The first-order chi connectivity index (χ1) is 23.7. The van der Waals surface area contributed by atoms with Gasteiger partial charge in [0, 0.05) is 18.8 Å². The van der Waals surface area contributed by atoms with Crippen LogP contribution >= 0.6 is 0 Å². The van der Waals surface area contributed by atoms with Gasteiger partial charge in [0.05, 0.1) is 35.5 Å². The summed E-state index contributed by atoms with van der Waals surface area (Å²) in [5.74, 6) is -1.53. The third-order valence-corrected chi connectivity index (χ3v) is 10.2. The SMILES string of the molecule is Cc1cccc(CN2C(=O)CN(C(C(=O)N[C@@H](Cc3ccccc3)[C@H](O)CN(CC(C)C)S(=O)(=O)c3ccc(/C=N/O)cc3)C(C)C)C2=O)n1. The smallest absolute Gasteiger partial charge is 0.328 e. The Morgan fingerprint density at radius 1 is 1.00 bits per heavy atom. The summed E-state index contributed by atoms with van der Waals surface area (Å²) in [6.45, 7) is 8.50. The highest BCUT2D eigenvalue weighted by Gasteiger charge is 2.44. The number of hydrogen-bond acceptors (Lipinski definition) is 9. The number of amides is 4. The largest absolute Gasteiger partial charge is 0.411 e. The Kier molecular flexibility index (Phi) is 12.8. The van der Waals surface area contributed by atoms with Crippen molar-refractivity contribution in [2.45, 2.75) is 70.7 Å². The summed E-state index contributed by atoms with van der Waals surface area (Å²) >= 11 is 0. The molecule has 1 aliphatic heterocycles. The van der Waals surface area contributed by atoms with Crippen molar-refractivity contribution in [3.05, 3.63) is 95.3 Å². The number of aliphatic hydroxyl groups is 1. The van der Waals surface area contributed by atoms with Gasteiger partial charge >= 0.3 is 6.03 Å². The lowest BCUT2D eigenvalue weighted by Crippen LogP contribution is -2.57. The maximum absolute atomic E-state index is 14.1. The molecular weight excluding hydrogens is 660 g/mol. The molecule has 2 aromatic carbocycles. The average molecular weight is 707 g/mol. The van der Waals surface area contributed by atoms with Crippen LogP contribution in [0.1, 0.15) is 50.2 Å². The Bertz CT molecular complexity index is 1770. The molecule has 3 atom stereocenters. The van der Waals surface area contributed by atoms with E-state index in [0.29, 0.717) is 11.3 Å². The molecule has 0 saturated carbocycles. The second-order valence-electron chi connectivity index (χ2n) is 13.3. The summed E-state index contributed by atoms with van der Waals surface area (Å²) in [7, 11) is -4.10. The van der Waals surface area contributed by atoms with E-state index >= 15 is 0 Å². The molecule has 268 valence electrons. The molecule has 1 aromatic heterocycles. The fraction of sp³-hybridized carbons (Fsp3) is 0.417. The van der Waals surface area contributed by atoms with Crippen LogP contribution in [-0.2, 0) is 32.6 Å². The molecule has 4 rings (SSSR count). The first-order valence-corrected chi connectivity index (χ1v) is 18.0. The summed E-state index contributed by atoms with van der Waals surface area (Å²) < 4.78 is 28.9. The molecule has 14 heteroatoms. The minimum absolute atomic E-state index is 0.00779. The van der Waals surface area contributed by atoms with Crippen molar-refractivity contribution in [3.63, 3.8) is 0 Å². The average Bonchev–Trinajstić information content (AvgIpc) is 3.32. The van der Waals surface area contributed by atoms with Gasteiger partial charge in [-0.25, -0.2) is 13.2 Å². The number of rotatable bonds is 16. The van der Waals surface area contributed by atoms with Crippen LogP contribution in [0, 0.1) is 18.8 Å². The lowest BCUT2D eigenvalue weighted by atomic mass is 9.97. The van der Waals surface area contributed by atoms with Gasteiger partial charge in [0.15, 0.2) is 0 Å². The Labute approximate surface area is 293 Å². The highest BCUT2D eigenvalue weighted by Crippen LogP contribution is 2.23. The molecule has 0 bridgehead atoms. The number of carbonyl (C=O) groups excluding carboxylic acids is 3. The minimum Gasteiger partial charge on any atom is -0.411 e. The summed E-state index contributed by atoms with van der Waals surface area (Å²) in [5.41, 5.74) is 2.58. The van der Waals surface area contributed by atoms with Crippen molar-refractivity contribution in [2.75, 3.05) is 19.6 Å². The van der Waals surface area contributed by atoms with Gasteiger partial charge < -0.3 is 20.5 Å². The number of imide groups is 1. The molecule has 0 radical (unpaired) electrons. The second kappa shape index (κ2) is 16.8. The third-order valence-electron chi connectivity index (χ3n) is 8.36. The van der Waals surface area contributed by atoms with Crippen molar-refractivity contribution in [1.82, 2.24) is 24.4 Å². The number of aromatic nitrogens is 1. The predicted octanol–water partition coefficient (Wildman–Crippen LogP) is 3.42. The van der Waals surface area contributed by atoms with Crippen LogP contribution in [0.2, 0.25) is 0 Å². The third kappa shape index (κ3) is 9.52. The number of aliphatic hydroxyl groups excluding tert-OH is 1. The number of benzene rings is 2. The molecule has 2 heterocycles. The van der Waals surface area contributed by atoms with E-state index in [2.05, 4.69) is 15.5 Å². The fourth-order valence-electron chi connectivity index (χ4n) is 5.96. The van der Waals surface area contributed by atoms with Gasteiger partial charge in [0.25, 0.3) is 5.91 Å². The van der Waals surface area contributed by atoms with Crippen molar-refractivity contribution in [3.8, 4) is 0 Å². The Morgan fingerprint density at radius 3 is 2.28 bits per heavy atom. The van der Waals surface area contributed by atoms with Crippen LogP contribution in [-0.4, -0.2) is 99.7 Å². The molecule has 4 amide bonds. The Morgan fingerprint density at radius 2 is 1.68 bits per heavy atom. The normalized spacial score (nSPS) is 15.8. The van der Waals surface area contributed by atoms with E-state index in [1.165, 1.54) is 39.7 Å². The van der Waals surface area contributed by atoms with E-state index in [-0.39, 0.29) is 43.4 Å². The molecule has 0 aliphatic carbocycles. The Balaban J connectivity index is 1.59. The molecule has 1 fully saturated rings. The number of sulfonamides is 1. The van der Waals surface area contributed by atoms with Crippen LogP contribution in [0.25, 0.3) is 0 Å². The van der Waals surface area contributed by atoms with Crippen LogP contribution < -0.4 is 5.32 Å². The maximum atomic E-state index is 14.1. The number of oxime groups is 1. The van der Waals surface area contributed by atoms with Crippen LogP contribution in [0.5, 0.6) is 0 Å². The van der Waals surface area contributed by atoms with Gasteiger partial charge in [-0.15, -0.1) is 0 Å². The predicted molar refractivity (Wildman–Crippen MR) is 188 cm³/mol. The number of urea groups is 1. The molecule has 1 aliphatic rings. The molecular formula is C36H46N6O7S. The van der Waals surface area contributed by atoms with E-state index in [9.17, 15) is 27.9 Å². The van der Waals surface area contributed by atoms with Crippen LogP contribution in [0.15, 0.2) is 82.8 Å². The van der Waals surface area contributed by atoms with Crippen LogP contribution in [0.3, 0.4) is 0 Å². The van der Waals surface area contributed by atoms with Gasteiger partial charge in [-0.05, 0) is 60.6 Å². The van der Waals surface area contributed by atoms with Crippen LogP contribution in [0.4, 0.5) is 4.79 Å². The van der Waals surface area contributed by atoms with E-state index < -0.39 is 52.0 Å².